The molecule has 1 aromatic heterocycles. The maximum atomic E-state index is 10.4. The Morgan fingerprint density at radius 3 is 3.07 bits per heavy atom. The van der Waals surface area contributed by atoms with Crippen molar-refractivity contribution in [3.05, 3.63) is 17.5 Å². The Morgan fingerprint density at radius 1 is 1.86 bits per heavy atom. The van der Waals surface area contributed by atoms with Crippen LogP contribution in [0.1, 0.15) is 11.5 Å². The van der Waals surface area contributed by atoms with Gasteiger partial charge in [-0.3, -0.25) is 4.79 Å². The molecule has 1 unspecified atom stereocenters. The van der Waals surface area contributed by atoms with E-state index in [-0.39, 0.29) is 0 Å². The molecule has 0 spiro atoms. The number of aryl methyl sites for hydroxylation is 1. The number of aliphatic carboxylic acids is 1. The lowest BCUT2D eigenvalue weighted by atomic mass is 10.4. The smallest absolute Gasteiger partial charge is 0.321 e. The van der Waals surface area contributed by atoms with Crippen molar-refractivity contribution >= 4 is 17.7 Å². The summed E-state index contributed by atoms with van der Waals surface area (Å²) in [6, 6.07) is 1.01. The van der Waals surface area contributed by atoms with Crippen LogP contribution >= 0.6 is 11.8 Å². The summed E-state index contributed by atoms with van der Waals surface area (Å²) in [5, 5.41) is 12.3. The second kappa shape index (κ2) is 5.02. The lowest BCUT2D eigenvalue weighted by molar-refractivity contribution is -0.137. The van der Waals surface area contributed by atoms with Crippen LogP contribution in [0.5, 0.6) is 0 Å². The Kier molecular flexibility index (Phi) is 3.97. The fraction of sp³-hybridized carbons (Fsp3) is 0.500. The molecule has 0 aliphatic carbocycles. The number of carbonyl (C=O) groups is 1. The summed E-state index contributed by atoms with van der Waals surface area (Å²) >= 11 is 1.43. The van der Waals surface area contributed by atoms with Crippen LogP contribution < -0.4 is 5.73 Å². The molecule has 6 heteroatoms. The van der Waals surface area contributed by atoms with Crippen molar-refractivity contribution in [3.8, 4) is 0 Å². The predicted octanol–water partition coefficient (Wildman–Crippen LogP) is 0.628. The summed E-state index contributed by atoms with van der Waals surface area (Å²) in [4.78, 5) is 10.4. The van der Waals surface area contributed by atoms with Gasteiger partial charge in [-0.05, 0) is 6.92 Å². The zero-order valence-corrected chi connectivity index (χ0v) is 8.58. The van der Waals surface area contributed by atoms with Gasteiger partial charge in [-0.25, -0.2) is 0 Å². The van der Waals surface area contributed by atoms with E-state index in [1.165, 1.54) is 11.8 Å². The van der Waals surface area contributed by atoms with Gasteiger partial charge in [0.25, 0.3) is 0 Å². The Hall–Kier alpha value is -1.01. The standard InChI is InChI=1S/C8H12N2O3S/c1-5-2-6(10-13-5)3-14-4-7(9)8(11)12/h2,7H,3-4,9H2,1H3,(H,11,12). The Morgan fingerprint density at radius 2 is 2.57 bits per heavy atom. The van der Waals surface area contributed by atoms with Crippen molar-refractivity contribution < 1.29 is 14.4 Å². The van der Waals surface area contributed by atoms with Crippen molar-refractivity contribution in [2.45, 2.75) is 18.7 Å². The first-order valence-corrected chi connectivity index (χ1v) is 5.23. The maximum absolute atomic E-state index is 10.4. The molecule has 1 atom stereocenters. The fourth-order valence-corrected chi connectivity index (χ4v) is 1.71. The Balaban J connectivity index is 2.25. The average Bonchev–Trinajstić information content (AvgIpc) is 2.51. The zero-order chi connectivity index (χ0) is 10.6. The number of hydrogen-bond donors (Lipinski definition) is 2. The number of rotatable bonds is 5. The molecule has 5 nitrogen and oxygen atoms in total. The van der Waals surface area contributed by atoms with Crippen LogP contribution in [-0.4, -0.2) is 28.0 Å². The number of carboxylic acid groups (broad SMARTS) is 1. The minimum absolute atomic E-state index is 0.376. The maximum Gasteiger partial charge on any atom is 0.321 e. The fourth-order valence-electron chi connectivity index (χ4n) is 0.848. The first kappa shape index (κ1) is 11.1. The van der Waals surface area contributed by atoms with Crippen LogP contribution in [-0.2, 0) is 10.5 Å². The molecular formula is C8H12N2O3S. The van der Waals surface area contributed by atoms with Gasteiger partial charge in [-0.1, -0.05) is 5.16 Å². The molecule has 78 valence electrons. The number of hydrogen-bond acceptors (Lipinski definition) is 5. The van der Waals surface area contributed by atoms with Crippen LogP contribution in [0.15, 0.2) is 10.6 Å². The quantitative estimate of drug-likeness (QED) is 0.750. The van der Waals surface area contributed by atoms with Crippen LogP contribution in [0.2, 0.25) is 0 Å². The number of carboxylic acids is 1. The summed E-state index contributed by atoms with van der Waals surface area (Å²) < 4.78 is 4.86. The van der Waals surface area contributed by atoms with Crippen LogP contribution in [0, 0.1) is 6.92 Å². The molecule has 0 aromatic carbocycles. The van der Waals surface area contributed by atoms with Gasteiger partial charge >= 0.3 is 5.97 Å². The average molecular weight is 216 g/mol. The molecule has 0 aliphatic rings. The molecule has 0 bridgehead atoms. The molecule has 1 aromatic rings. The lowest BCUT2D eigenvalue weighted by Crippen LogP contribution is -2.32. The van der Waals surface area contributed by atoms with Crippen molar-refractivity contribution in [2.75, 3.05) is 5.75 Å². The first-order valence-electron chi connectivity index (χ1n) is 4.08. The van der Waals surface area contributed by atoms with E-state index < -0.39 is 12.0 Å². The molecule has 0 fully saturated rings. The second-order valence-corrected chi connectivity index (χ2v) is 3.92. The highest BCUT2D eigenvalue weighted by atomic mass is 32.2. The molecule has 0 saturated carbocycles. The van der Waals surface area contributed by atoms with Crippen molar-refractivity contribution in [2.24, 2.45) is 5.73 Å². The van der Waals surface area contributed by atoms with E-state index in [9.17, 15) is 4.79 Å². The normalized spacial score (nSPS) is 12.7. The van der Waals surface area contributed by atoms with E-state index in [0.29, 0.717) is 11.5 Å². The van der Waals surface area contributed by atoms with Gasteiger partial charge in [0.05, 0.1) is 5.69 Å². The van der Waals surface area contributed by atoms with Gasteiger partial charge in [-0.2, -0.15) is 11.8 Å². The largest absolute Gasteiger partial charge is 0.480 e. The number of aromatic nitrogens is 1. The third-order valence-corrected chi connectivity index (χ3v) is 2.64. The summed E-state index contributed by atoms with van der Waals surface area (Å²) in [6.45, 7) is 1.81. The van der Waals surface area contributed by atoms with E-state index in [0.717, 1.165) is 11.5 Å². The number of nitrogens with two attached hydrogens (primary N) is 1. The molecule has 1 rings (SSSR count). The van der Waals surface area contributed by atoms with Crippen LogP contribution in [0.25, 0.3) is 0 Å². The van der Waals surface area contributed by atoms with Gasteiger partial charge < -0.3 is 15.4 Å². The van der Waals surface area contributed by atoms with E-state index in [4.69, 9.17) is 15.4 Å². The lowest BCUT2D eigenvalue weighted by Gasteiger charge is -2.03. The summed E-state index contributed by atoms with van der Waals surface area (Å²) in [7, 11) is 0. The third-order valence-electron chi connectivity index (χ3n) is 1.54. The van der Waals surface area contributed by atoms with Crippen molar-refractivity contribution in [1.29, 1.82) is 0 Å². The molecule has 0 aliphatic heterocycles. The van der Waals surface area contributed by atoms with Gasteiger partial charge in [-0.15, -0.1) is 0 Å². The van der Waals surface area contributed by atoms with Gasteiger partial charge in [0.15, 0.2) is 0 Å². The highest BCUT2D eigenvalue weighted by molar-refractivity contribution is 7.98. The third kappa shape index (κ3) is 3.39. The molecule has 0 saturated heterocycles. The van der Waals surface area contributed by atoms with E-state index in [1.807, 2.05) is 13.0 Å². The van der Waals surface area contributed by atoms with Gasteiger partial charge in [0.2, 0.25) is 0 Å². The van der Waals surface area contributed by atoms with Crippen LogP contribution in [0.3, 0.4) is 0 Å². The highest BCUT2D eigenvalue weighted by Crippen LogP contribution is 2.12. The van der Waals surface area contributed by atoms with Gasteiger partial charge in [0, 0.05) is 17.6 Å². The van der Waals surface area contributed by atoms with Crippen LogP contribution in [0.4, 0.5) is 0 Å². The molecule has 3 N–H and O–H groups in total. The van der Waals surface area contributed by atoms with E-state index in [1.54, 1.807) is 0 Å². The SMILES string of the molecule is Cc1cc(CSCC(N)C(=O)O)no1. The monoisotopic (exact) mass is 216 g/mol. The summed E-state index contributed by atoms with van der Waals surface area (Å²) in [6.07, 6.45) is 0. The molecular weight excluding hydrogens is 204 g/mol. The number of thioether (sulfide) groups is 1. The minimum atomic E-state index is -0.978. The number of nitrogens with zero attached hydrogens (tertiary/aromatic N) is 1. The minimum Gasteiger partial charge on any atom is -0.480 e. The zero-order valence-electron chi connectivity index (χ0n) is 7.77. The molecule has 0 amide bonds. The Bertz CT molecular complexity index is 313. The summed E-state index contributed by atoms with van der Waals surface area (Å²) in [5.74, 6) is 0.775. The van der Waals surface area contributed by atoms with E-state index in [2.05, 4.69) is 5.16 Å². The first-order chi connectivity index (χ1) is 6.59. The van der Waals surface area contributed by atoms with Crippen molar-refractivity contribution in [1.82, 2.24) is 5.16 Å². The highest BCUT2D eigenvalue weighted by Gasteiger charge is 2.11. The van der Waals surface area contributed by atoms with Gasteiger partial charge in [0.1, 0.15) is 11.8 Å². The Labute approximate surface area is 85.6 Å². The molecule has 14 heavy (non-hydrogen) atoms. The summed E-state index contributed by atoms with van der Waals surface area (Å²) in [5.41, 5.74) is 6.13. The predicted molar refractivity (Wildman–Crippen MR) is 53.0 cm³/mol. The topological polar surface area (TPSA) is 89.4 Å². The molecule has 0 radical (unpaired) electrons. The second-order valence-electron chi connectivity index (χ2n) is 2.89. The molecule has 1 heterocycles. The van der Waals surface area contributed by atoms with Crippen molar-refractivity contribution in [3.63, 3.8) is 0 Å². The van der Waals surface area contributed by atoms with E-state index >= 15 is 0 Å².